The third-order valence-electron chi connectivity index (χ3n) is 4.53. The van der Waals surface area contributed by atoms with E-state index in [1.165, 1.54) is 27.6 Å². The molecule has 1 aliphatic rings. The predicted molar refractivity (Wildman–Crippen MR) is 121 cm³/mol. The molecule has 0 fully saturated rings. The number of nitrogens with zero attached hydrogens (tertiary/aromatic N) is 1. The molecular weight excluding hydrogens is 453 g/mol. The molecule has 2 heterocycles. The van der Waals surface area contributed by atoms with Crippen LogP contribution in [0.25, 0.3) is 10.1 Å². The van der Waals surface area contributed by atoms with Crippen molar-refractivity contribution in [3.05, 3.63) is 49.1 Å². The number of benzene rings is 1. The van der Waals surface area contributed by atoms with Gasteiger partial charge in [-0.3, -0.25) is 10.1 Å². The van der Waals surface area contributed by atoms with E-state index >= 15 is 0 Å². The number of hydrogen-bond donors (Lipinski definition) is 2. The van der Waals surface area contributed by atoms with E-state index in [0.29, 0.717) is 25.5 Å². The highest BCUT2D eigenvalue weighted by Crippen LogP contribution is 2.38. The van der Waals surface area contributed by atoms with E-state index < -0.39 is 0 Å². The molecule has 2 aromatic heterocycles. The topological polar surface area (TPSA) is 64.9 Å². The predicted octanol–water partition coefficient (Wildman–Crippen LogP) is 6.15. The first kappa shape index (κ1) is 19.6. The van der Waals surface area contributed by atoms with E-state index in [0.717, 1.165) is 41.3 Å². The number of fused-ring (bicyclic) bond motifs is 2. The average molecular weight is 466 g/mol. The smallest absolute Gasteiger partial charge is 0.269 e. The lowest BCUT2D eigenvalue weighted by Gasteiger charge is -2.09. The van der Waals surface area contributed by atoms with Crippen LogP contribution in [0.2, 0.25) is 10.0 Å². The van der Waals surface area contributed by atoms with Gasteiger partial charge in [0.2, 0.25) is 0 Å². The molecule has 4 rings (SSSR count). The lowest BCUT2D eigenvalue weighted by molar-refractivity contribution is 0.0982. The van der Waals surface area contributed by atoms with Gasteiger partial charge in [-0.25, -0.2) is 0 Å². The van der Waals surface area contributed by atoms with Crippen molar-refractivity contribution >= 4 is 84.2 Å². The summed E-state index contributed by atoms with van der Waals surface area (Å²) in [5.41, 5.74) is 1.74. The van der Waals surface area contributed by atoms with E-state index in [2.05, 4.69) is 16.7 Å². The molecule has 1 aromatic carbocycles. The van der Waals surface area contributed by atoms with Gasteiger partial charge in [0.15, 0.2) is 5.11 Å². The van der Waals surface area contributed by atoms with E-state index in [1.807, 2.05) is 0 Å². The number of hydrogen-bond acceptors (Lipinski definition) is 5. The number of carbonyl (C=O) groups is 1. The molecule has 142 valence electrons. The molecule has 0 radical (unpaired) electrons. The van der Waals surface area contributed by atoms with Crippen LogP contribution >= 0.6 is 58.1 Å². The number of amides is 1. The van der Waals surface area contributed by atoms with E-state index in [-0.39, 0.29) is 11.0 Å². The summed E-state index contributed by atoms with van der Waals surface area (Å²) in [5.74, 6) is -0.389. The highest BCUT2D eigenvalue weighted by Gasteiger charge is 2.22. The zero-order valence-electron chi connectivity index (χ0n) is 14.4. The fraction of sp³-hybridized carbons (Fsp3) is 0.211. The van der Waals surface area contributed by atoms with E-state index in [1.54, 1.807) is 18.2 Å². The molecule has 1 amide bonds. The maximum Gasteiger partial charge on any atom is 0.269 e. The van der Waals surface area contributed by atoms with Gasteiger partial charge in [0, 0.05) is 20.0 Å². The number of halogens is 2. The maximum absolute atomic E-state index is 12.7. The molecule has 0 spiro atoms. The normalized spacial score (nSPS) is 13.0. The van der Waals surface area contributed by atoms with Crippen molar-refractivity contribution in [2.24, 2.45) is 0 Å². The number of aryl methyl sites for hydroxylation is 1. The number of anilines is 1. The van der Waals surface area contributed by atoms with E-state index in [4.69, 9.17) is 35.4 Å². The van der Waals surface area contributed by atoms with Gasteiger partial charge in [-0.2, -0.15) is 5.26 Å². The Bertz CT molecular complexity index is 1160. The van der Waals surface area contributed by atoms with Crippen LogP contribution in [-0.2, 0) is 12.8 Å². The lowest BCUT2D eigenvalue weighted by atomic mass is 9.96. The summed E-state index contributed by atoms with van der Waals surface area (Å²) in [6.45, 7) is 0. The molecular formula is C19H13Cl2N3OS3. The largest absolute Gasteiger partial charge is 0.323 e. The summed E-state index contributed by atoms with van der Waals surface area (Å²) >= 11 is 20.5. The number of nitriles is 1. The molecule has 0 saturated heterocycles. The maximum atomic E-state index is 12.7. The molecule has 9 heteroatoms. The van der Waals surface area contributed by atoms with Crippen molar-refractivity contribution in [2.45, 2.75) is 25.7 Å². The monoisotopic (exact) mass is 465 g/mol. The standard InChI is InChI=1S/C19H13Cl2N3OS3/c20-9-5-6-11-14(7-9)27-16(15(11)21)17(25)23-19(26)24-18-12(8-22)10-3-1-2-4-13(10)28-18/h5-7H,1-4H2,(H2,23,24,25,26). The fourth-order valence-electron chi connectivity index (χ4n) is 3.25. The minimum absolute atomic E-state index is 0.145. The van der Waals surface area contributed by atoms with Crippen LogP contribution in [0.1, 0.15) is 38.5 Å². The zero-order chi connectivity index (χ0) is 19.8. The van der Waals surface area contributed by atoms with Gasteiger partial charge in [-0.15, -0.1) is 22.7 Å². The van der Waals surface area contributed by atoms with Gasteiger partial charge in [-0.05, 0) is 55.6 Å². The SMILES string of the molecule is N#Cc1c(NC(=S)NC(=O)c2sc3cc(Cl)ccc3c2Cl)sc2c1CCCC2. The number of thiophene rings is 2. The zero-order valence-corrected chi connectivity index (χ0v) is 18.4. The van der Waals surface area contributed by atoms with Crippen molar-refractivity contribution in [3.63, 3.8) is 0 Å². The minimum atomic E-state index is -0.389. The quantitative estimate of drug-likeness (QED) is 0.445. The van der Waals surface area contributed by atoms with Crippen molar-refractivity contribution in [1.82, 2.24) is 5.32 Å². The number of rotatable bonds is 2. The Balaban J connectivity index is 1.53. The Morgan fingerprint density at radius 2 is 2.00 bits per heavy atom. The van der Waals surface area contributed by atoms with Gasteiger partial charge in [-0.1, -0.05) is 29.3 Å². The summed E-state index contributed by atoms with van der Waals surface area (Å²) in [6.07, 6.45) is 4.12. The fourth-order valence-corrected chi connectivity index (χ4v) is 6.44. The number of thiocarbonyl (C=S) groups is 1. The Kier molecular flexibility index (Phi) is 5.59. The summed E-state index contributed by atoms with van der Waals surface area (Å²) in [4.78, 5) is 14.3. The molecule has 28 heavy (non-hydrogen) atoms. The van der Waals surface area contributed by atoms with Crippen LogP contribution in [-0.4, -0.2) is 11.0 Å². The average Bonchev–Trinajstić information content (AvgIpc) is 3.18. The van der Waals surface area contributed by atoms with Crippen molar-refractivity contribution in [2.75, 3.05) is 5.32 Å². The number of carbonyl (C=O) groups excluding carboxylic acids is 1. The van der Waals surface area contributed by atoms with Crippen LogP contribution in [0, 0.1) is 11.3 Å². The number of nitrogens with one attached hydrogen (secondary N) is 2. The highest BCUT2D eigenvalue weighted by atomic mass is 35.5. The molecule has 0 bridgehead atoms. The molecule has 0 aliphatic heterocycles. The summed E-state index contributed by atoms with van der Waals surface area (Å²) in [7, 11) is 0. The summed E-state index contributed by atoms with van der Waals surface area (Å²) in [6, 6.07) is 7.57. The third kappa shape index (κ3) is 3.63. The Morgan fingerprint density at radius 3 is 2.79 bits per heavy atom. The molecule has 0 unspecified atom stereocenters. The second kappa shape index (κ2) is 7.97. The van der Waals surface area contributed by atoms with Crippen LogP contribution in [0.4, 0.5) is 5.00 Å². The Hall–Kier alpha value is -1.69. The molecule has 0 saturated carbocycles. The summed E-state index contributed by atoms with van der Waals surface area (Å²) < 4.78 is 0.833. The minimum Gasteiger partial charge on any atom is -0.323 e. The van der Waals surface area contributed by atoms with Crippen molar-refractivity contribution in [1.29, 1.82) is 5.26 Å². The van der Waals surface area contributed by atoms with Crippen LogP contribution < -0.4 is 10.6 Å². The van der Waals surface area contributed by atoms with Gasteiger partial charge in [0.1, 0.15) is 15.9 Å². The van der Waals surface area contributed by atoms with Gasteiger partial charge in [0.05, 0.1) is 10.6 Å². The van der Waals surface area contributed by atoms with Gasteiger partial charge >= 0.3 is 0 Å². The summed E-state index contributed by atoms with van der Waals surface area (Å²) in [5, 5.41) is 17.8. The third-order valence-corrected chi connectivity index (χ3v) is 7.84. The molecule has 0 atom stereocenters. The van der Waals surface area contributed by atoms with Crippen LogP contribution in [0.5, 0.6) is 0 Å². The molecule has 3 aromatic rings. The van der Waals surface area contributed by atoms with Crippen LogP contribution in [0.15, 0.2) is 18.2 Å². The second-order valence-electron chi connectivity index (χ2n) is 6.32. The highest BCUT2D eigenvalue weighted by molar-refractivity contribution is 7.80. The molecule has 2 N–H and O–H groups in total. The second-order valence-corrected chi connectivity index (χ2v) is 9.70. The first-order valence-electron chi connectivity index (χ1n) is 8.52. The van der Waals surface area contributed by atoms with E-state index in [9.17, 15) is 10.1 Å². The first-order valence-corrected chi connectivity index (χ1v) is 11.3. The van der Waals surface area contributed by atoms with Crippen molar-refractivity contribution < 1.29 is 4.79 Å². The van der Waals surface area contributed by atoms with Crippen LogP contribution in [0.3, 0.4) is 0 Å². The Labute approximate surface area is 185 Å². The lowest BCUT2D eigenvalue weighted by Crippen LogP contribution is -2.33. The first-order chi connectivity index (χ1) is 13.5. The Morgan fingerprint density at radius 1 is 1.21 bits per heavy atom. The molecule has 1 aliphatic carbocycles. The van der Waals surface area contributed by atoms with Crippen molar-refractivity contribution in [3.8, 4) is 6.07 Å². The molecule has 4 nitrogen and oxygen atoms in total. The van der Waals surface area contributed by atoms with Gasteiger partial charge in [0.25, 0.3) is 5.91 Å². The van der Waals surface area contributed by atoms with Gasteiger partial charge < -0.3 is 5.32 Å².